The molecule has 0 unspecified atom stereocenters. The third kappa shape index (κ3) is 2.12. The monoisotopic (exact) mass is 274 g/mol. The van der Waals surface area contributed by atoms with E-state index in [2.05, 4.69) is 36.1 Å². The minimum Gasteiger partial charge on any atom is -0.497 e. The summed E-state index contributed by atoms with van der Waals surface area (Å²) in [6.07, 6.45) is 2.52. The summed E-state index contributed by atoms with van der Waals surface area (Å²) < 4.78 is 5.18. The van der Waals surface area contributed by atoms with Gasteiger partial charge < -0.3 is 4.74 Å². The molecule has 1 saturated carbocycles. The van der Waals surface area contributed by atoms with Gasteiger partial charge in [-0.2, -0.15) is 0 Å². The van der Waals surface area contributed by atoms with Crippen molar-refractivity contribution in [1.29, 1.82) is 0 Å². The Kier molecular flexibility index (Phi) is 2.97. The van der Waals surface area contributed by atoms with Crippen molar-refractivity contribution in [3.8, 4) is 17.6 Å². The topological polar surface area (TPSA) is 9.23 Å². The summed E-state index contributed by atoms with van der Waals surface area (Å²) in [5, 5.41) is 0. The second-order valence-electron chi connectivity index (χ2n) is 6.01. The standard InChI is InChI=1S/C20H18O/c1-21-17-10-7-14(8-11-17)6-9-15-12-16-13-20(15)19-5-3-2-4-18(16)19/h2-5,7-8,10-11,15-16,20H,12-13H2,1H3/t15-,16-,20-/m0/s1. The van der Waals surface area contributed by atoms with Gasteiger partial charge in [-0.15, -0.1) is 0 Å². The van der Waals surface area contributed by atoms with Gasteiger partial charge in [0.2, 0.25) is 0 Å². The van der Waals surface area contributed by atoms with Crippen LogP contribution in [-0.4, -0.2) is 7.11 Å². The van der Waals surface area contributed by atoms with E-state index in [9.17, 15) is 0 Å². The zero-order chi connectivity index (χ0) is 14.2. The highest BCUT2D eigenvalue weighted by molar-refractivity contribution is 5.45. The van der Waals surface area contributed by atoms with Crippen molar-refractivity contribution >= 4 is 0 Å². The van der Waals surface area contributed by atoms with E-state index in [1.165, 1.54) is 12.8 Å². The highest BCUT2D eigenvalue weighted by atomic mass is 16.5. The Morgan fingerprint density at radius 1 is 0.952 bits per heavy atom. The molecule has 2 aliphatic rings. The van der Waals surface area contributed by atoms with Gasteiger partial charge in [-0.3, -0.25) is 0 Å². The van der Waals surface area contributed by atoms with Gasteiger partial charge in [0, 0.05) is 11.5 Å². The van der Waals surface area contributed by atoms with E-state index in [0.29, 0.717) is 11.8 Å². The van der Waals surface area contributed by atoms with Crippen LogP contribution >= 0.6 is 0 Å². The summed E-state index contributed by atoms with van der Waals surface area (Å²) in [7, 11) is 1.69. The number of fused-ring (bicyclic) bond motifs is 5. The summed E-state index contributed by atoms with van der Waals surface area (Å²) >= 11 is 0. The lowest BCUT2D eigenvalue weighted by atomic mass is 9.84. The lowest BCUT2D eigenvalue weighted by Gasteiger charge is -2.20. The van der Waals surface area contributed by atoms with Crippen LogP contribution in [0.2, 0.25) is 0 Å². The van der Waals surface area contributed by atoms with Crippen LogP contribution in [0.15, 0.2) is 48.5 Å². The van der Waals surface area contributed by atoms with Gasteiger partial charge in [-0.25, -0.2) is 0 Å². The molecule has 2 aromatic carbocycles. The predicted molar refractivity (Wildman–Crippen MR) is 84.5 cm³/mol. The highest BCUT2D eigenvalue weighted by Gasteiger charge is 2.42. The molecule has 0 radical (unpaired) electrons. The number of hydrogen-bond donors (Lipinski definition) is 0. The van der Waals surface area contributed by atoms with Crippen LogP contribution in [0.1, 0.15) is 41.4 Å². The fourth-order valence-corrected chi connectivity index (χ4v) is 3.87. The van der Waals surface area contributed by atoms with Gasteiger partial charge in [0.1, 0.15) is 5.75 Å². The molecule has 2 aromatic rings. The Bertz CT molecular complexity index is 717. The van der Waals surface area contributed by atoms with Crippen molar-refractivity contribution < 1.29 is 4.74 Å². The molecule has 0 saturated heterocycles. The molecule has 0 aromatic heterocycles. The van der Waals surface area contributed by atoms with Gasteiger partial charge in [-0.1, -0.05) is 36.1 Å². The van der Waals surface area contributed by atoms with Crippen molar-refractivity contribution in [2.24, 2.45) is 5.92 Å². The van der Waals surface area contributed by atoms with E-state index in [4.69, 9.17) is 4.74 Å². The normalized spacial score (nSPS) is 25.1. The first-order valence-electron chi connectivity index (χ1n) is 7.59. The van der Waals surface area contributed by atoms with Crippen LogP contribution in [0.4, 0.5) is 0 Å². The molecule has 0 heterocycles. The molecule has 21 heavy (non-hydrogen) atoms. The maximum atomic E-state index is 5.18. The summed E-state index contributed by atoms with van der Waals surface area (Å²) in [6.45, 7) is 0. The first-order valence-corrected chi connectivity index (χ1v) is 7.59. The summed E-state index contributed by atoms with van der Waals surface area (Å²) in [4.78, 5) is 0. The van der Waals surface area contributed by atoms with E-state index in [1.807, 2.05) is 24.3 Å². The second-order valence-corrected chi connectivity index (χ2v) is 6.01. The lowest BCUT2D eigenvalue weighted by molar-refractivity contribution is 0.415. The predicted octanol–water partition coefficient (Wildman–Crippen LogP) is 4.34. The molecule has 4 rings (SSSR count). The van der Waals surface area contributed by atoms with E-state index < -0.39 is 0 Å². The van der Waals surface area contributed by atoms with E-state index in [0.717, 1.165) is 17.2 Å². The van der Waals surface area contributed by atoms with Crippen molar-refractivity contribution in [2.75, 3.05) is 7.11 Å². The Morgan fingerprint density at radius 2 is 1.71 bits per heavy atom. The third-order valence-corrected chi connectivity index (χ3v) is 4.89. The molecular weight excluding hydrogens is 256 g/mol. The Labute approximate surface area is 126 Å². The minimum absolute atomic E-state index is 0.520. The van der Waals surface area contributed by atoms with Crippen LogP contribution in [0.25, 0.3) is 0 Å². The fourth-order valence-electron chi connectivity index (χ4n) is 3.87. The molecule has 0 amide bonds. The zero-order valence-electron chi connectivity index (χ0n) is 12.2. The SMILES string of the molecule is COc1ccc(C#C[C@H]2C[C@H]3C[C@@H]2c2ccccc23)cc1. The largest absolute Gasteiger partial charge is 0.497 e. The number of hydrogen-bond acceptors (Lipinski definition) is 1. The zero-order valence-corrected chi connectivity index (χ0v) is 12.2. The third-order valence-electron chi connectivity index (χ3n) is 4.89. The van der Waals surface area contributed by atoms with Gasteiger partial charge in [0.25, 0.3) is 0 Å². The number of methoxy groups -OCH3 is 1. The molecule has 1 nitrogen and oxygen atoms in total. The molecule has 1 heteroatoms. The van der Waals surface area contributed by atoms with Crippen LogP contribution in [0.3, 0.4) is 0 Å². The highest BCUT2D eigenvalue weighted by Crippen LogP contribution is 2.55. The molecule has 2 bridgehead atoms. The second kappa shape index (κ2) is 4.97. The number of ether oxygens (including phenoxy) is 1. The molecule has 0 aliphatic heterocycles. The summed E-state index contributed by atoms with van der Waals surface area (Å²) in [5.74, 6) is 9.66. The molecule has 0 spiro atoms. The van der Waals surface area contributed by atoms with Crippen LogP contribution in [-0.2, 0) is 0 Å². The Morgan fingerprint density at radius 3 is 2.48 bits per heavy atom. The van der Waals surface area contributed by atoms with E-state index >= 15 is 0 Å². The van der Waals surface area contributed by atoms with Crippen molar-refractivity contribution in [3.63, 3.8) is 0 Å². The maximum absolute atomic E-state index is 5.18. The molecular formula is C20H18O. The first-order chi connectivity index (χ1) is 10.3. The molecule has 3 atom stereocenters. The minimum atomic E-state index is 0.520. The number of benzene rings is 2. The first kappa shape index (κ1) is 12.5. The van der Waals surface area contributed by atoms with Gasteiger partial charge in [0.05, 0.1) is 7.11 Å². The summed E-state index contributed by atoms with van der Waals surface area (Å²) in [6, 6.07) is 16.9. The molecule has 2 aliphatic carbocycles. The quantitative estimate of drug-likeness (QED) is 0.703. The van der Waals surface area contributed by atoms with Gasteiger partial charge in [-0.05, 0) is 60.1 Å². The lowest BCUT2D eigenvalue weighted by Crippen LogP contribution is -2.08. The average molecular weight is 274 g/mol. The molecule has 104 valence electrons. The van der Waals surface area contributed by atoms with E-state index in [1.54, 1.807) is 18.2 Å². The van der Waals surface area contributed by atoms with Gasteiger partial charge >= 0.3 is 0 Å². The van der Waals surface area contributed by atoms with Crippen LogP contribution in [0.5, 0.6) is 5.75 Å². The summed E-state index contributed by atoms with van der Waals surface area (Å²) in [5.41, 5.74) is 4.19. The fraction of sp³-hybridized carbons (Fsp3) is 0.300. The van der Waals surface area contributed by atoms with Crippen molar-refractivity contribution in [3.05, 3.63) is 65.2 Å². The average Bonchev–Trinajstić information content (AvgIpc) is 3.12. The Hall–Kier alpha value is -2.20. The van der Waals surface area contributed by atoms with E-state index in [-0.39, 0.29) is 0 Å². The maximum Gasteiger partial charge on any atom is 0.118 e. The van der Waals surface area contributed by atoms with Crippen molar-refractivity contribution in [2.45, 2.75) is 24.7 Å². The molecule has 1 fully saturated rings. The number of rotatable bonds is 1. The van der Waals surface area contributed by atoms with Crippen molar-refractivity contribution in [1.82, 2.24) is 0 Å². The van der Waals surface area contributed by atoms with Crippen LogP contribution in [0, 0.1) is 17.8 Å². The molecule has 0 N–H and O–H groups in total. The van der Waals surface area contributed by atoms with Crippen LogP contribution < -0.4 is 4.74 Å². The van der Waals surface area contributed by atoms with Gasteiger partial charge in [0.15, 0.2) is 0 Å². The Balaban J connectivity index is 1.56. The smallest absolute Gasteiger partial charge is 0.118 e.